The van der Waals surface area contributed by atoms with E-state index in [1.54, 1.807) is 7.11 Å². The average Bonchev–Trinajstić information content (AvgIpc) is 2.46. The van der Waals surface area contributed by atoms with Gasteiger partial charge in [-0.1, -0.05) is 39.0 Å². The van der Waals surface area contributed by atoms with Crippen molar-refractivity contribution < 1.29 is 9.47 Å². The lowest BCUT2D eigenvalue weighted by Gasteiger charge is -2.19. The Morgan fingerprint density at radius 1 is 0.952 bits per heavy atom. The third-order valence-electron chi connectivity index (χ3n) is 3.44. The summed E-state index contributed by atoms with van der Waals surface area (Å²) in [7, 11) is 1.64. The fraction of sp³-hybridized carbons (Fsp3) is 0.333. The second-order valence-corrected chi connectivity index (χ2v) is 6.05. The molecule has 0 heterocycles. The van der Waals surface area contributed by atoms with Gasteiger partial charge in [0.15, 0.2) is 0 Å². The van der Waals surface area contributed by atoms with Gasteiger partial charge in [0.1, 0.15) is 17.2 Å². The van der Waals surface area contributed by atoms with E-state index >= 15 is 0 Å². The molecule has 0 unspecified atom stereocenters. The van der Waals surface area contributed by atoms with E-state index in [9.17, 15) is 0 Å². The van der Waals surface area contributed by atoms with Crippen LogP contribution >= 0.6 is 0 Å². The Kier molecular flexibility index (Phi) is 4.53. The van der Waals surface area contributed by atoms with Gasteiger partial charge in [-0.05, 0) is 29.2 Å². The number of nitrogens with two attached hydrogens (primary N) is 1. The van der Waals surface area contributed by atoms with E-state index in [0.717, 1.165) is 22.8 Å². The average molecular weight is 285 g/mol. The van der Waals surface area contributed by atoms with Crippen LogP contribution in [0, 0.1) is 0 Å². The maximum atomic E-state index is 5.95. The van der Waals surface area contributed by atoms with E-state index in [4.69, 9.17) is 15.2 Å². The van der Waals surface area contributed by atoms with Crippen LogP contribution in [0.15, 0.2) is 42.5 Å². The molecule has 0 fully saturated rings. The minimum absolute atomic E-state index is 0.136. The zero-order valence-corrected chi connectivity index (χ0v) is 13.1. The predicted octanol–water partition coefficient (Wildman–Crippen LogP) is 4.24. The van der Waals surface area contributed by atoms with Crippen LogP contribution < -0.4 is 15.2 Å². The predicted molar refractivity (Wildman–Crippen MR) is 86.1 cm³/mol. The monoisotopic (exact) mass is 285 g/mol. The molecule has 0 saturated heterocycles. The molecule has 2 N–H and O–H groups in total. The fourth-order valence-corrected chi connectivity index (χ4v) is 2.08. The summed E-state index contributed by atoms with van der Waals surface area (Å²) in [5.41, 5.74) is 8.12. The molecule has 21 heavy (non-hydrogen) atoms. The minimum Gasteiger partial charge on any atom is -0.497 e. The molecular formula is C18H23NO2. The highest BCUT2D eigenvalue weighted by Gasteiger charge is 2.13. The van der Waals surface area contributed by atoms with E-state index in [1.165, 1.54) is 5.56 Å². The smallest absolute Gasteiger partial charge is 0.135 e. The Bertz CT molecular complexity index is 598. The fourth-order valence-electron chi connectivity index (χ4n) is 2.08. The molecule has 0 aliphatic heterocycles. The highest BCUT2D eigenvalue weighted by Crippen LogP contribution is 2.31. The maximum Gasteiger partial charge on any atom is 0.135 e. The van der Waals surface area contributed by atoms with E-state index in [0.29, 0.717) is 6.54 Å². The molecular weight excluding hydrogens is 262 g/mol. The zero-order valence-electron chi connectivity index (χ0n) is 13.1. The van der Waals surface area contributed by atoms with Crippen molar-refractivity contribution >= 4 is 0 Å². The molecule has 0 amide bonds. The van der Waals surface area contributed by atoms with E-state index in [1.807, 2.05) is 30.3 Å². The van der Waals surface area contributed by atoms with E-state index in [2.05, 4.69) is 32.9 Å². The Hall–Kier alpha value is -2.00. The van der Waals surface area contributed by atoms with Gasteiger partial charge in [-0.2, -0.15) is 0 Å². The van der Waals surface area contributed by atoms with Crippen LogP contribution in [0.3, 0.4) is 0 Å². The van der Waals surface area contributed by atoms with Gasteiger partial charge in [0.25, 0.3) is 0 Å². The lowest BCUT2D eigenvalue weighted by molar-refractivity contribution is 0.408. The quantitative estimate of drug-likeness (QED) is 0.913. The summed E-state index contributed by atoms with van der Waals surface area (Å²) >= 11 is 0. The lowest BCUT2D eigenvalue weighted by atomic mass is 9.87. The summed E-state index contributed by atoms with van der Waals surface area (Å²) in [5, 5.41) is 0. The van der Waals surface area contributed by atoms with E-state index in [-0.39, 0.29) is 5.41 Å². The first-order valence-electron chi connectivity index (χ1n) is 7.09. The van der Waals surface area contributed by atoms with Crippen LogP contribution in [-0.4, -0.2) is 7.11 Å². The molecule has 0 spiro atoms. The molecule has 112 valence electrons. The molecule has 2 aromatic rings. The number of methoxy groups -OCH3 is 1. The first-order valence-corrected chi connectivity index (χ1v) is 7.09. The van der Waals surface area contributed by atoms with Gasteiger partial charge in [-0.3, -0.25) is 0 Å². The summed E-state index contributed by atoms with van der Waals surface area (Å²) in [5.74, 6) is 2.29. The van der Waals surface area contributed by atoms with Crippen molar-refractivity contribution in [3.63, 3.8) is 0 Å². The number of rotatable bonds is 4. The van der Waals surface area contributed by atoms with Gasteiger partial charge in [0, 0.05) is 18.2 Å². The summed E-state index contributed by atoms with van der Waals surface area (Å²) in [6.45, 7) is 7.01. The normalized spacial score (nSPS) is 11.3. The second kappa shape index (κ2) is 6.19. The van der Waals surface area contributed by atoms with Crippen LogP contribution in [-0.2, 0) is 12.0 Å². The van der Waals surface area contributed by atoms with Crippen molar-refractivity contribution in [2.75, 3.05) is 7.11 Å². The number of hydrogen-bond acceptors (Lipinski definition) is 3. The van der Waals surface area contributed by atoms with Crippen LogP contribution in [0.1, 0.15) is 31.9 Å². The number of hydrogen-bond donors (Lipinski definition) is 1. The first-order chi connectivity index (χ1) is 9.94. The van der Waals surface area contributed by atoms with Gasteiger partial charge < -0.3 is 15.2 Å². The van der Waals surface area contributed by atoms with Crippen LogP contribution in [0.2, 0.25) is 0 Å². The van der Waals surface area contributed by atoms with Gasteiger partial charge in [-0.25, -0.2) is 0 Å². The SMILES string of the molecule is COc1ccc(CN)c(Oc2ccc(C(C)(C)C)cc2)c1. The van der Waals surface area contributed by atoms with Crippen molar-refractivity contribution in [1.29, 1.82) is 0 Å². The molecule has 0 radical (unpaired) electrons. The second-order valence-electron chi connectivity index (χ2n) is 6.05. The largest absolute Gasteiger partial charge is 0.497 e. The molecule has 2 aromatic carbocycles. The molecule has 0 aliphatic carbocycles. The van der Waals surface area contributed by atoms with E-state index < -0.39 is 0 Å². The third-order valence-corrected chi connectivity index (χ3v) is 3.44. The molecule has 0 bridgehead atoms. The molecule has 3 nitrogen and oxygen atoms in total. The number of ether oxygens (including phenoxy) is 2. The minimum atomic E-state index is 0.136. The van der Waals surface area contributed by atoms with Crippen molar-refractivity contribution in [2.45, 2.75) is 32.7 Å². The van der Waals surface area contributed by atoms with Gasteiger partial charge in [0.2, 0.25) is 0 Å². The lowest BCUT2D eigenvalue weighted by Crippen LogP contribution is -2.10. The Morgan fingerprint density at radius 3 is 2.10 bits per heavy atom. The zero-order chi connectivity index (χ0) is 15.5. The van der Waals surface area contributed by atoms with Crippen molar-refractivity contribution in [3.8, 4) is 17.2 Å². The Labute approximate surface area is 126 Å². The first kappa shape index (κ1) is 15.4. The Balaban J connectivity index is 2.25. The highest BCUT2D eigenvalue weighted by atomic mass is 16.5. The maximum absolute atomic E-state index is 5.95. The molecule has 0 saturated carbocycles. The van der Waals surface area contributed by atoms with Gasteiger partial charge in [0.05, 0.1) is 7.11 Å². The summed E-state index contributed by atoms with van der Waals surface area (Å²) in [6.07, 6.45) is 0. The standard InChI is InChI=1S/C18H23NO2/c1-18(2,3)14-6-9-15(10-7-14)21-17-11-16(20-4)8-5-13(17)12-19/h5-11H,12,19H2,1-4H3. The summed E-state index contributed by atoms with van der Waals surface area (Å²) < 4.78 is 11.2. The Morgan fingerprint density at radius 2 is 1.57 bits per heavy atom. The van der Waals surface area contributed by atoms with Crippen LogP contribution in [0.25, 0.3) is 0 Å². The summed E-state index contributed by atoms with van der Waals surface area (Å²) in [6, 6.07) is 13.8. The van der Waals surface area contributed by atoms with Crippen molar-refractivity contribution in [1.82, 2.24) is 0 Å². The molecule has 0 aliphatic rings. The van der Waals surface area contributed by atoms with Gasteiger partial charge in [-0.15, -0.1) is 0 Å². The van der Waals surface area contributed by atoms with Crippen molar-refractivity contribution in [2.24, 2.45) is 5.73 Å². The van der Waals surface area contributed by atoms with Crippen LogP contribution in [0.5, 0.6) is 17.2 Å². The molecule has 0 aromatic heterocycles. The molecule has 0 atom stereocenters. The summed E-state index contributed by atoms with van der Waals surface area (Å²) in [4.78, 5) is 0. The topological polar surface area (TPSA) is 44.5 Å². The highest BCUT2D eigenvalue weighted by molar-refractivity contribution is 5.44. The van der Waals surface area contributed by atoms with Crippen molar-refractivity contribution in [3.05, 3.63) is 53.6 Å². The van der Waals surface area contributed by atoms with Crippen LogP contribution in [0.4, 0.5) is 0 Å². The molecule has 2 rings (SSSR count). The number of benzene rings is 2. The van der Waals surface area contributed by atoms with Gasteiger partial charge >= 0.3 is 0 Å². The third kappa shape index (κ3) is 3.76. The molecule has 3 heteroatoms.